The van der Waals surface area contributed by atoms with Gasteiger partial charge in [-0.3, -0.25) is 0 Å². The lowest BCUT2D eigenvalue weighted by Gasteiger charge is -2.01. The van der Waals surface area contributed by atoms with Crippen molar-refractivity contribution in [3.05, 3.63) is 51.8 Å². The molecule has 0 saturated carbocycles. The van der Waals surface area contributed by atoms with Gasteiger partial charge < -0.3 is 0 Å². The SMILES string of the molecule is Brc1ccccc1CSc1cccs1. The average molecular weight is 285 g/mol. The first-order chi connectivity index (χ1) is 6.86. The summed E-state index contributed by atoms with van der Waals surface area (Å²) < 4.78 is 2.57. The van der Waals surface area contributed by atoms with E-state index >= 15 is 0 Å². The molecule has 14 heavy (non-hydrogen) atoms. The van der Waals surface area contributed by atoms with Gasteiger partial charge in [0, 0.05) is 10.2 Å². The lowest BCUT2D eigenvalue weighted by Crippen LogP contribution is -1.80. The largest absolute Gasteiger partial charge is 0.137 e. The Hall–Kier alpha value is -0.250. The van der Waals surface area contributed by atoms with E-state index in [4.69, 9.17) is 0 Å². The van der Waals surface area contributed by atoms with Gasteiger partial charge >= 0.3 is 0 Å². The van der Waals surface area contributed by atoms with E-state index < -0.39 is 0 Å². The Bertz CT molecular complexity index is 395. The maximum Gasteiger partial charge on any atom is 0.0601 e. The lowest BCUT2D eigenvalue weighted by molar-refractivity contribution is 1.38. The van der Waals surface area contributed by atoms with Crippen LogP contribution in [0.15, 0.2) is 50.5 Å². The van der Waals surface area contributed by atoms with Crippen LogP contribution < -0.4 is 0 Å². The number of hydrogen-bond donors (Lipinski definition) is 0. The van der Waals surface area contributed by atoms with Crippen LogP contribution in [0.5, 0.6) is 0 Å². The van der Waals surface area contributed by atoms with Crippen LogP contribution in [0.3, 0.4) is 0 Å². The van der Waals surface area contributed by atoms with Crippen LogP contribution in [0.4, 0.5) is 0 Å². The van der Waals surface area contributed by atoms with Crippen molar-refractivity contribution in [1.29, 1.82) is 0 Å². The minimum atomic E-state index is 1.03. The minimum Gasteiger partial charge on any atom is -0.137 e. The van der Waals surface area contributed by atoms with E-state index in [0.717, 1.165) is 5.75 Å². The highest BCUT2D eigenvalue weighted by Gasteiger charge is 2.00. The lowest BCUT2D eigenvalue weighted by atomic mass is 10.2. The van der Waals surface area contributed by atoms with Crippen LogP contribution in [0.1, 0.15) is 5.56 Å². The number of rotatable bonds is 3. The molecule has 0 radical (unpaired) electrons. The number of thioether (sulfide) groups is 1. The second-order valence-electron chi connectivity index (χ2n) is 2.81. The Kier molecular flexibility index (Phi) is 3.67. The van der Waals surface area contributed by atoms with Crippen molar-refractivity contribution in [2.24, 2.45) is 0 Å². The molecule has 0 atom stereocenters. The Labute approximate surface area is 100 Å². The van der Waals surface area contributed by atoms with Gasteiger partial charge in [0.05, 0.1) is 4.21 Å². The van der Waals surface area contributed by atoms with Gasteiger partial charge in [-0.25, -0.2) is 0 Å². The van der Waals surface area contributed by atoms with Crippen molar-refractivity contribution in [3.8, 4) is 0 Å². The normalized spacial score (nSPS) is 10.4. The van der Waals surface area contributed by atoms with Crippen LogP contribution in [0.25, 0.3) is 0 Å². The van der Waals surface area contributed by atoms with Gasteiger partial charge in [-0.05, 0) is 23.1 Å². The van der Waals surface area contributed by atoms with Crippen LogP contribution in [-0.4, -0.2) is 0 Å². The Balaban J connectivity index is 2.02. The van der Waals surface area contributed by atoms with Crippen LogP contribution in [0.2, 0.25) is 0 Å². The third kappa shape index (κ3) is 2.62. The van der Waals surface area contributed by atoms with Gasteiger partial charge in [-0.1, -0.05) is 40.2 Å². The zero-order valence-electron chi connectivity index (χ0n) is 7.44. The van der Waals surface area contributed by atoms with Crippen LogP contribution >= 0.6 is 39.0 Å². The van der Waals surface area contributed by atoms with E-state index in [-0.39, 0.29) is 0 Å². The summed E-state index contributed by atoms with van der Waals surface area (Å²) in [5.41, 5.74) is 1.35. The van der Waals surface area contributed by atoms with Gasteiger partial charge in [0.25, 0.3) is 0 Å². The molecule has 0 aliphatic rings. The summed E-state index contributed by atoms with van der Waals surface area (Å²) in [6.45, 7) is 0. The first kappa shape index (κ1) is 10.3. The van der Waals surface area contributed by atoms with E-state index in [1.807, 2.05) is 17.8 Å². The summed E-state index contributed by atoms with van der Waals surface area (Å²) >= 11 is 7.23. The molecule has 2 rings (SSSR count). The molecule has 1 aromatic carbocycles. The molecule has 1 heterocycles. The smallest absolute Gasteiger partial charge is 0.0601 e. The summed E-state index contributed by atoms with van der Waals surface area (Å²) in [5, 5.41) is 2.11. The molecule has 2 aromatic rings. The number of halogens is 1. The zero-order chi connectivity index (χ0) is 9.80. The number of thiophene rings is 1. The Morgan fingerprint density at radius 1 is 1.14 bits per heavy atom. The summed E-state index contributed by atoms with van der Waals surface area (Å²) in [5.74, 6) is 1.03. The third-order valence-electron chi connectivity index (χ3n) is 1.82. The second-order valence-corrected chi connectivity index (χ2v) is 5.89. The number of hydrogen-bond acceptors (Lipinski definition) is 2. The molecular formula is C11H9BrS2. The molecule has 0 spiro atoms. The number of benzene rings is 1. The molecule has 72 valence electrons. The van der Waals surface area contributed by atoms with Gasteiger partial charge in [-0.15, -0.1) is 23.1 Å². The molecule has 1 aromatic heterocycles. The molecule has 0 bridgehead atoms. The maximum absolute atomic E-state index is 3.55. The van der Waals surface area contributed by atoms with Crippen molar-refractivity contribution in [3.63, 3.8) is 0 Å². The molecule has 0 saturated heterocycles. The first-order valence-electron chi connectivity index (χ1n) is 4.26. The highest BCUT2D eigenvalue weighted by atomic mass is 79.9. The quantitative estimate of drug-likeness (QED) is 0.730. The predicted octanol–water partition coefficient (Wildman–Crippen LogP) is 4.80. The highest BCUT2D eigenvalue weighted by Crippen LogP contribution is 2.29. The summed E-state index contributed by atoms with van der Waals surface area (Å²) in [6, 6.07) is 12.6. The van der Waals surface area contributed by atoms with Crippen molar-refractivity contribution in [1.82, 2.24) is 0 Å². The molecule has 0 amide bonds. The third-order valence-corrected chi connectivity index (χ3v) is 4.78. The molecule has 0 fully saturated rings. The fourth-order valence-electron chi connectivity index (χ4n) is 1.11. The standard InChI is InChI=1S/C11H9BrS2/c12-10-5-2-1-4-9(10)8-14-11-6-3-7-13-11/h1-7H,8H2. The molecule has 0 N–H and O–H groups in total. The predicted molar refractivity (Wildman–Crippen MR) is 68.0 cm³/mol. The monoisotopic (exact) mass is 284 g/mol. The van der Waals surface area contributed by atoms with Crippen molar-refractivity contribution >= 4 is 39.0 Å². The summed E-state index contributed by atoms with van der Waals surface area (Å²) in [7, 11) is 0. The fraction of sp³-hybridized carbons (Fsp3) is 0.0909. The van der Waals surface area contributed by atoms with E-state index in [1.165, 1.54) is 14.2 Å². The van der Waals surface area contributed by atoms with Gasteiger partial charge in [0.1, 0.15) is 0 Å². The van der Waals surface area contributed by atoms with Gasteiger partial charge in [0.2, 0.25) is 0 Å². The molecule has 0 nitrogen and oxygen atoms in total. The average Bonchev–Trinajstić information content (AvgIpc) is 2.69. The van der Waals surface area contributed by atoms with Gasteiger partial charge in [-0.2, -0.15) is 0 Å². The zero-order valence-corrected chi connectivity index (χ0v) is 10.7. The van der Waals surface area contributed by atoms with Gasteiger partial charge in [0.15, 0.2) is 0 Å². The molecule has 0 aliphatic carbocycles. The topological polar surface area (TPSA) is 0 Å². The molecule has 3 heteroatoms. The Morgan fingerprint density at radius 3 is 2.71 bits per heavy atom. The minimum absolute atomic E-state index is 1.03. The van der Waals surface area contributed by atoms with E-state index in [2.05, 4.69) is 51.6 Å². The molecule has 0 unspecified atom stereocenters. The highest BCUT2D eigenvalue weighted by molar-refractivity contribution is 9.10. The summed E-state index contributed by atoms with van der Waals surface area (Å²) in [4.78, 5) is 0. The van der Waals surface area contributed by atoms with E-state index in [9.17, 15) is 0 Å². The summed E-state index contributed by atoms with van der Waals surface area (Å²) in [6.07, 6.45) is 0. The van der Waals surface area contributed by atoms with Crippen LogP contribution in [-0.2, 0) is 5.75 Å². The van der Waals surface area contributed by atoms with E-state index in [1.54, 1.807) is 11.3 Å². The maximum atomic E-state index is 3.55. The molecular weight excluding hydrogens is 276 g/mol. The Morgan fingerprint density at radius 2 is 2.00 bits per heavy atom. The van der Waals surface area contributed by atoms with Crippen molar-refractivity contribution in [2.75, 3.05) is 0 Å². The van der Waals surface area contributed by atoms with Crippen molar-refractivity contribution in [2.45, 2.75) is 9.96 Å². The first-order valence-corrected chi connectivity index (χ1v) is 6.92. The van der Waals surface area contributed by atoms with E-state index in [0.29, 0.717) is 0 Å². The van der Waals surface area contributed by atoms with Crippen LogP contribution in [0, 0.1) is 0 Å². The molecule has 0 aliphatic heterocycles. The fourth-order valence-corrected chi connectivity index (χ4v) is 3.51. The van der Waals surface area contributed by atoms with Crippen molar-refractivity contribution < 1.29 is 0 Å². The second kappa shape index (κ2) is 5.01.